The van der Waals surface area contributed by atoms with E-state index < -0.39 is 5.97 Å². The van der Waals surface area contributed by atoms with Gasteiger partial charge in [0.1, 0.15) is 0 Å². The smallest absolute Gasteiger partial charge is 0.303 e. The van der Waals surface area contributed by atoms with Gasteiger partial charge >= 0.3 is 5.97 Å². The minimum Gasteiger partial charge on any atom is -0.481 e. The standard InChI is InChI=1S/C15H21NO3S/c1-11(13-6-4-10-20-13)15(19)16-9-3-2-5-12(16)7-8-14(17)18/h4,6,10-12H,2-3,5,7-9H2,1H3,(H,17,18)/t11-,12+/m0/s1. The molecule has 4 nitrogen and oxygen atoms in total. The molecule has 1 aromatic heterocycles. The molecular weight excluding hydrogens is 274 g/mol. The van der Waals surface area contributed by atoms with Gasteiger partial charge in [-0.2, -0.15) is 0 Å². The van der Waals surface area contributed by atoms with Crippen molar-refractivity contribution in [2.24, 2.45) is 0 Å². The van der Waals surface area contributed by atoms with Crippen LogP contribution < -0.4 is 0 Å². The number of hydrogen-bond acceptors (Lipinski definition) is 3. The number of amides is 1. The van der Waals surface area contributed by atoms with Crippen LogP contribution in [0.15, 0.2) is 17.5 Å². The molecular formula is C15H21NO3S. The fraction of sp³-hybridized carbons (Fsp3) is 0.600. The molecule has 1 fully saturated rings. The molecule has 5 heteroatoms. The van der Waals surface area contributed by atoms with E-state index in [0.29, 0.717) is 6.42 Å². The number of piperidine rings is 1. The Bertz CT molecular complexity index is 458. The van der Waals surface area contributed by atoms with Crippen LogP contribution >= 0.6 is 11.3 Å². The Morgan fingerprint density at radius 2 is 2.30 bits per heavy atom. The zero-order chi connectivity index (χ0) is 14.5. The lowest BCUT2D eigenvalue weighted by atomic mass is 9.95. The van der Waals surface area contributed by atoms with Gasteiger partial charge in [0.25, 0.3) is 0 Å². The number of carbonyl (C=O) groups excluding carboxylic acids is 1. The zero-order valence-electron chi connectivity index (χ0n) is 11.7. The number of likely N-dealkylation sites (tertiary alicyclic amines) is 1. The molecule has 0 aromatic carbocycles. The molecule has 2 atom stereocenters. The lowest BCUT2D eigenvalue weighted by molar-refractivity contribution is -0.140. The van der Waals surface area contributed by atoms with Gasteiger partial charge in [0, 0.05) is 23.9 Å². The first-order valence-corrected chi connectivity index (χ1v) is 8.03. The lowest BCUT2D eigenvalue weighted by Crippen LogP contribution is -2.45. The predicted molar refractivity (Wildman–Crippen MR) is 79.0 cm³/mol. The van der Waals surface area contributed by atoms with E-state index in [1.165, 1.54) is 0 Å². The van der Waals surface area contributed by atoms with Crippen molar-refractivity contribution in [3.63, 3.8) is 0 Å². The van der Waals surface area contributed by atoms with Crippen LogP contribution in [0.25, 0.3) is 0 Å². The molecule has 20 heavy (non-hydrogen) atoms. The maximum Gasteiger partial charge on any atom is 0.303 e. The molecule has 0 unspecified atom stereocenters. The summed E-state index contributed by atoms with van der Waals surface area (Å²) in [7, 11) is 0. The number of hydrogen-bond donors (Lipinski definition) is 1. The Morgan fingerprint density at radius 3 is 2.95 bits per heavy atom. The number of rotatable bonds is 5. The number of thiophene rings is 1. The molecule has 0 saturated carbocycles. The van der Waals surface area contributed by atoms with Crippen LogP contribution in [-0.2, 0) is 9.59 Å². The molecule has 1 saturated heterocycles. The Hall–Kier alpha value is -1.36. The molecule has 1 aliphatic rings. The second-order valence-corrected chi connectivity index (χ2v) is 6.33. The van der Waals surface area contributed by atoms with E-state index in [9.17, 15) is 9.59 Å². The van der Waals surface area contributed by atoms with Gasteiger partial charge in [0.05, 0.1) is 5.92 Å². The third-order valence-corrected chi connectivity index (χ3v) is 5.00. The van der Waals surface area contributed by atoms with E-state index in [1.807, 2.05) is 29.3 Å². The highest BCUT2D eigenvalue weighted by atomic mass is 32.1. The summed E-state index contributed by atoms with van der Waals surface area (Å²) in [5.74, 6) is -0.766. The van der Waals surface area contributed by atoms with Crippen molar-refractivity contribution in [1.29, 1.82) is 0 Å². The SMILES string of the molecule is C[C@H](C(=O)N1CCCC[C@@H]1CCC(=O)O)c1cccs1. The van der Waals surface area contributed by atoms with Crippen molar-refractivity contribution in [3.8, 4) is 0 Å². The Balaban J connectivity index is 2.03. The number of aliphatic carboxylic acids is 1. The van der Waals surface area contributed by atoms with Crippen LogP contribution in [0.2, 0.25) is 0 Å². The summed E-state index contributed by atoms with van der Waals surface area (Å²) < 4.78 is 0. The highest BCUT2D eigenvalue weighted by molar-refractivity contribution is 7.10. The highest BCUT2D eigenvalue weighted by Gasteiger charge is 2.30. The third-order valence-electron chi connectivity index (χ3n) is 3.94. The van der Waals surface area contributed by atoms with E-state index in [1.54, 1.807) is 11.3 Å². The molecule has 1 N–H and O–H groups in total. The third kappa shape index (κ3) is 3.60. The normalized spacial score (nSPS) is 20.6. The predicted octanol–water partition coefficient (Wildman–Crippen LogP) is 3.10. The number of carbonyl (C=O) groups is 2. The average molecular weight is 295 g/mol. The van der Waals surface area contributed by atoms with Crippen LogP contribution in [0, 0.1) is 0 Å². The molecule has 2 heterocycles. The Morgan fingerprint density at radius 1 is 1.50 bits per heavy atom. The Kier molecular flexibility index (Phi) is 5.17. The van der Waals surface area contributed by atoms with Crippen molar-refractivity contribution in [2.75, 3.05) is 6.54 Å². The fourth-order valence-electron chi connectivity index (χ4n) is 2.79. The van der Waals surface area contributed by atoms with Crippen molar-refractivity contribution in [3.05, 3.63) is 22.4 Å². The van der Waals surface area contributed by atoms with Gasteiger partial charge in [0.2, 0.25) is 5.91 Å². The molecule has 0 bridgehead atoms. The van der Waals surface area contributed by atoms with Crippen molar-refractivity contribution < 1.29 is 14.7 Å². The van der Waals surface area contributed by atoms with Crippen LogP contribution in [0.3, 0.4) is 0 Å². The summed E-state index contributed by atoms with van der Waals surface area (Å²) in [6, 6.07) is 4.04. The molecule has 0 radical (unpaired) electrons. The van der Waals surface area contributed by atoms with Gasteiger partial charge in [0.15, 0.2) is 0 Å². The van der Waals surface area contributed by atoms with E-state index in [0.717, 1.165) is 30.7 Å². The van der Waals surface area contributed by atoms with E-state index >= 15 is 0 Å². The maximum atomic E-state index is 12.6. The minimum absolute atomic E-state index is 0.0924. The quantitative estimate of drug-likeness (QED) is 0.908. The van der Waals surface area contributed by atoms with Crippen LogP contribution in [0.5, 0.6) is 0 Å². The monoisotopic (exact) mass is 295 g/mol. The highest BCUT2D eigenvalue weighted by Crippen LogP contribution is 2.28. The summed E-state index contributed by atoms with van der Waals surface area (Å²) in [5, 5.41) is 10.8. The van der Waals surface area contributed by atoms with E-state index in [2.05, 4.69) is 0 Å². The Labute approximate surface area is 123 Å². The summed E-state index contributed by atoms with van der Waals surface area (Å²) in [5.41, 5.74) is 0. The van der Waals surface area contributed by atoms with Gasteiger partial charge in [-0.15, -0.1) is 11.3 Å². The molecule has 1 aliphatic heterocycles. The first-order chi connectivity index (χ1) is 9.59. The second-order valence-electron chi connectivity index (χ2n) is 5.35. The van der Waals surface area contributed by atoms with Crippen LogP contribution in [0.1, 0.15) is 49.8 Å². The number of carboxylic acids is 1. The summed E-state index contributed by atoms with van der Waals surface area (Å²) in [4.78, 5) is 26.4. The lowest BCUT2D eigenvalue weighted by Gasteiger charge is -2.37. The molecule has 1 aromatic rings. The van der Waals surface area contributed by atoms with Gasteiger partial charge in [-0.25, -0.2) is 0 Å². The van der Waals surface area contributed by atoms with Gasteiger partial charge in [-0.3, -0.25) is 9.59 Å². The van der Waals surface area contributed by atoms with Crippen LogP contribution in [0.4, 0.5) is 0 Å². The van der Waals surface area contributed by atoms with Crippen molar-refractivity contribution >= 4 is 23.2 Å². The van der Waals surface area contributed by atoms with Crippen molar-refractivity contribution in [2.45, 2.75) is 51.0 Å². The van der Waals surface area contributed by atoms with Gasteiger partial charge in [-0.05, 0) is 44.1 Å². The number of carboxylic acid groups (broad SMARTS) is 1. The van der Waals surface area contributed by atoms with E-state index in [-0.39, 0.29) is 24.3 Å². The molecule has 0 spiro atoms. The van der Waals surface area contributed by atoms with Gasteiger partial charge in [-0.1, -0.05) is 6.07 Å². The number of nitrogens with zero attached hydrogens (tertiary/aromatic N) is 1. The second kappa shape index (κ2) is 6.88. The largest absolute Gasteiger partial charge is 0.481 e. The fourth-order valence-corrected chi connectivity index (χ4v) is 3.57. The maximum absolute atomic E-state index is 12.6. The summed E-state index contributed by atoms with van der Waals surface area (Å²) >= 11 is 1.60. The van der Waals surface area contributed by atoms with Crippen molar-refractivity contribution in [1.82, 2.24) is 4.90 Å². The zero-order valence-corrected chi connectivity index (χ0v) is 12.6. The summed E-state index contributed by atoms with van der Waals surface area (Å²) in [6.07, 6.45) is 3.74. The first-order valence-electron chi connectivity index (χ1n) is 7.15. The molecule has 2 rings (SSSR count). The average Bonchev–Trinajstić information content (AvgIpc) is 2.98. The molecule has 110 valence electrons. The topological polar surface area (TPSA) is 57.6 Å². The summed E-state index contributed by atoms with van der Waals surface area (Å²) in [6.45, 7) is 2.70. The van der Waals surface area contributed by atoms with Crippen LogP contribution in [-0.4, -0.2) is 34.5 Å². The van der Waals surface area contributed by atoms with E-state index in [4.69, 9.17) is 5.11 Å². The molecule has 0 aliphatic carbocycles. The van der Waals surface area contributed by atoms with Gasteiger partial charge < -0.3 is 10.0 Å². The minimum atomic E-state index is -0.783. The first kappa shape index (κ1) is 15.0. The molecule has 1 amide bonds.